The Morgan fingerprint density at radius 1 is 1.41 bits per heavy atom. The van der Waals surface area contributed by atoms with Crippen LogP contribution in [-0.4, -0.2) is 61.8 Å². The number of carbonyl (C=O) groups excluding carboxylic acids is 1. The summed E-state index contributed by atoms with van der Waals surface area (Å²) in [6.45, 7) is 8.66. The van der Waals surface area contributed by atoms with Crippen LogP contribution < -0.4 is 10.6 Å². The second kappa shape index (κ2) is 11.5. The highest BCUT2D eigenvalue weighted by Gasteiger charge is 2.23. The van der Waals surface area contributed by atoms with Gasteiger partial charge in [0.15, 0.2) is 0 Å². The first-order valence-corrected chi connectivity index (χ1v) is 8.00. The predicted molar refractivity (Wildman–Crippen MR) is 94.2 cm³/mol. The van der Waals surface area contributed by atoms with Crippen LogP contribution >= 0.6 is 24.8 Å². The van der Waals surface area contributed by atoms with Crippen LogP contribution in [0.1, 0.15) is 39.5 Å². The molecule has 0 spiro atoms. The number of ether oxygens (including phenoxy) is 1. The normalized spacial score (nSPS) is 27.2. The summed E-state index contributed by atoms with van der Waals surface area (Å²) in [5.74, 6) is 0.129. The second-order valence-electron chi connectivity index (χ2n) is 6.17. The zero-order valence-electron chi connectivity index (χ0n) is 13.7. The largest absolute Gasteiger partial charge is 0.378 e. The molecule has 2 heterocycles. The minimum absolute atomic E-state index is 0. The van der Waals surface area contributed by atoms with Gasteiger partial charge in [0.25, 0.3) is 0 Å². The molecule has 7 heteroatoms. The lowest BCUT2D eigenvalue weighted by Crippen LogP contribution is -2.49. The monoisotopic (exact) mass is 355 g/mol. The molecule has 0 aromatic rings. The lowest BCUT2D eigenvalue weighted by atomic mass is 10.0. The maximum Gasteiger partial charge on any atom is 0.221 e. The Morgan fingerprint density at radius 2 is 2.18 bits per heavy atom. The molecule has 0 radical (unpaired) electrons. The summed E-state index contributed by atoms with van der Waals surface area (Å²) in [6, 6.07) is 1.24. The Hall–Kier alpha value is -0.0700. The molecule has 5 nitrogen and oxygen atoms in total. The number of morpholine rings is 1. The molecule has 0 aromatic heterocycles. The summed E-state index contributed by atoms with van der Waals surface area (Å²) >= 11 is 0. The number of halogens is 2. The molecule has 2 aliphatic rings. The molecule has 2 aliphatic heterocycles. The molecule has 1 amide bonds. The smallest absolute Gasteiger partial charge is 0.221 e. The Bertz CT molecular complexity index is 315. The summed E-state index contributed by atoms with van der Waals surface area (Å²) in [5, 5.41) is 6.38. The van der Waals surface area contributed by atoms with Crippen molar-refractivity contribution in [3.8, 4) is 0 Å². The van der Waals surface area contributed by atoms with Gasteiger partial charge in [-0.2, -0.15) is 0 Å². The molecule has 0 aromatic carbocycles. The van der Waals surface area contributed by atoms with Gasteiger partial charge in [0.05, 0.1) is 13.2 Å². The number of hydrogen-bond acceptors (Lipinski definition) is 4. The Balaban J connectivity index is 0.00000220. The van der Waals surface area contributed by atoms with E-state index in [9.17, 15) is 4.79 Å². The van der Waals surface area contributed by atoms with E-state index in [0.29, 0.717) is 25.1 Å². The van der Waals surface area contributed by atoms with E-state index in [1.165, 1.54) is 19.3 Å². The van der Waals surface area contributed by atoms with E-state index in [4.69, 9.17) is 4.74 Å². The fourth-order valence-electron chi connectivity index (χ4n) is 3.20. The van der Waals surface area contributed by atoms with Crippen LogP contribution in [0.5, 0.6) is 0 Å². The zero-order valence-corrected chi connectivity index (χ0v) is 15.3. The topological polar surface area (TPSA) is 53.6 Å². The number of hydrogen-bond donors (Lipinski definition) is 2. The van der Waals surface area contributed by atoms with Crippen molar-refractivity contribution in [3.63, 3.8) is 0 Å². The average Bonchev–Trinajstić information content (AvgIpc) is 2.46. The third kappa shape index (κ3) is 7.01. The molecule has 22 heavy (non-hydrogen) atoms. The fourth-order valence-corrected chi connectivity index (χ4v) is 3.20. The molecule has 2 N–H and O–H groups in total. The van der Waals surface area contributed by atoms with E-state index in [1.54, 1.807) is 0 Å². The molecule has 3 unspecified atom stereocenters. The summed E-state index contributed by atoms with van der Waals surface area (Å²) in [5.41, 5.74) is 0. The van der Waals surface area contributed by atoms with Crippen molar-refractivity contribution < 1.29 is 9.53 Å². The molecule has 3 atom stereocenters. The first kappa shape index (κ1) is 21.9. The van der Waals surface area contributed by atoms with Crippen molar-refractivity contribution in [3.05, 3.63) is 0 Å². The summed E-state index contributed by atoms with van der Waals surface area (Å²) in [6.07, 6.45) is 4.42. The van der Waals surface area contributed by atoms with Gasteiger partial charge in [-0.3, -0.25) is 9.69 Å². The van der Waals surface area contributed by atoms with Gasteiger partial charge in [0.2, 0.25) is 5.91 Å². The minimum Gasteiger partial charge on any atom is -0.378 e. The first-order chi connectivity index (χ1) is 9.66. The summed E-state index contributed by atoms with van der Waals surface area (Å²) in [7, 11) is 0. The summed E-state index contributed by atoms with van der Waals surface area (Å²) in [4.78, 5) is 14.5. The van der Waals surface area contributed by atoms with Crippen LogP contribution in [0.15, 0.2) is 0 Å². The number of carbonyl (C=O) groups is 1. The lowest BCUT2D eigenvalue weighted by Gasteiger charge is -2.38. The second-order valence-corrected chi connectivity index (χ2v) is 6.17. The maximum absolute atomic E-state index is 12.0. The molecule has 2 saturated heterocycles. The van der Waals surface area contributed by atoms with Crippen molar-refractivity contribution in [1.29, 1.82) is 0 Å². The quantitative estimate of drug-likeness (QED) is 0.786. The third-order valence-corrected chi connectivity index (χ3v) is 4.45. The van der Waals surface area contributed by atoms with Gasteiger partial charge in [-0.15, -0.1) is 24.8 Å². The highest BCUT2D eigenvalue weighted by Crippen LogP contribution is 2.18. The highest BCUT2D eigenvalue weighted by atomic mass is 35.5. The average molecular weight is 356 g/mol. The number of likely N-dealkylation sites (tertiary alicyclic amines) is 1. The lowest BCUT2D eigenvalue weighted by molar-refractivity contribution is -0.122. The first-order valence-electron chi connectivity index (χ1n) is 8.00. The van der Waals surface area contributed by atoms with Crippen molar-refractivity contribution in [1.82, 2.24) is 15.5 Å². The third-order valence-electron chi connectivity index (χ3n) is 4.45. The Morgan fingerprint density at radius 3 is 2.82 bits per heavy atom. The molecule has 0 saturated carbocycles. The van der Waals surface area contributed by atoms with Crippen molar-refractivity contribution in [2.45, 2.75) is 57.7 Å². The SMILES string of the molecule is CC1CCCCN1C(C)CNC(=O)CC1COCCN1.Cl.Cl. The van der Waals surface area contributed by atoms with Crippen LogP contribution in [0.25, 0.3) is 0 Å². The molecular formula is C15H31Cl2N3O2. The Kier molecular flexibility index (Phi) is 11.4. The number of rotatable bonds is 5. The molecule has 0 aliphatic carbocycles. The van der Waals surface area contributed by atoms with Gasteiger partial charge in [0, 0.05) is 37.6 Å². The highest BCUT2D eigenvalue weighted by molar-refractivity contribution is 5.85. The maximum atomic E-state index is 12.0. The Labute approximate surface area is 146 Å². The van der Waals surface area contributed by atoms with E-state index < -0.39 is 0 Å². The molecule has 132 valence electrons. The fraction of sp³-hybridized carbons (Fsp3) is 0.933. The van der Waals surface area contributed by atoms with E-state index in [1.807, 2.05) is 0 Å². The van der Waals surface area contributed by atoms with E-state index in [2.05, 4.69) is 29.4 Å². The van der Waals surface area contributed by atoms with Crippen LogP contribution in [0, 0.1) is 0 Å². The van der Waals surface area contributed by atoms with Crippen LogP contribution in [0.2, 0.25) is 0 Å². The minimum atomic E-state index is 0. The van der Waals surface area contributed by atoms with Crippen LogP contribution in [-0.2, 0) is 9.53 Å². The van der Waals surface area contributed by atoms with Gasteiger partial charge in [-0.05, 0) is 33.2 Å². The number of piperidine rings is 1. The van der Waals surface area contributed by atoms with Crippen molar-refractivity contribution >= 4 is 30.7 Å². The van der Waals surface area contributed by atoms with Crippen molar-refractivity contribution in [2.75, 3.05) is 32.8 Å². The number of amides is 1. The standard InChI is InChI=1S/C15H29N3O2.2ClH/c1-12-5-3-4-7-18(12)13(2)10-17-15(19)9-14-11-20-8-6-16-14;;/h12-14,16H,3-11H2,1-2H3,(H,17,19);2*1H. The van der Waals surface area contributed by atoms with E-state index in [-0.39, 0.29) is 36.8 Å². The zero-order chi connectivity index (χ0) is 14.4. The number of nitrogens with one attached hydrogen (secondary N) is 2. The van der Waals surface area contributed by atoms with Crippen LogP contribution in [0.3, 0.4) is 0 Å². The van der Waals surface area contributed by atoms with Gasteiger partial charge in [0.1, 0.15) is 0 Å². The molecule has 2 fully saturated rings. The van der Waals surface area contributed by atoms with E-state index >= 15 is 0 Å². The van der Waals surface area contributed by atoms with Gasteiger partial charge < -0.3 is 15.4 Å². The van der Waals surface area contributed by atoms with Gasteiger partial charge >= 0.3 is 0 Å². The molecule has 2 rings (SSSR count). The van der Waals surface area contributed by atoms with Gasteiger partial charge in [-0.1, -0.05) is 6.42 Å². The molecule has 0 bridgehead atoms. The summed E-state index contributed by atoms with van der Waals surface area (Å²) < 4.78 is 5.37. The predicted octanol–water partition coefficient (Wildman–Crippen LogP) is 1.59. The van der Waals surface area contributed by atoms with E-state index in [0.717, 1.165) is 26.2 Å². The molecular weight excluding hydrogens is 325 g/mol. The van der Waals surface area contributed by atoms with Crippen molar-refractivity contribution in [2.24, 2.45) is 0 Å². The van der Waals surface area contributed by atoms with Crippen LogP contribution in [0.4, 0.5) is 0 Å². The van der Waals surface area contributed by atoms with Gasteiger partial charge in [-0.25, -0.2) is 0 Å². The number of nitrogens with zero attached hydrogens (tertiary/aromatic N) is 1.